The molecule has 1 saturated heterocycles. The summed E-state index contributed by atoms with van der Waals surface area (Å²) in [5.41, 5.74) is 6.52. The van der Waals surface area contributed by atoms with Gasteiger partial charge in [0.2, 0.25) is 6.33 Å². The fourth-order valence-electron chi connectivity index (χ4n) is 4.13. The molecule has 2 aliphatic rings. The van der Waals surface area contributed by atoms with Gasteiger partial charge < -0.3 is 25.8 Å². The summed E-state index contributed by atoms with van der Waals surface area (Å²) in [5, 5.41) is 18.4. The second-order valence-electron chi connectivity index (χ2n) is 7.99. The summed E-state index contributed by atoms with van der Waals surface area (Å²) in [5.74, 6) is -2.54. The van der Waals surface area contributed by atoms with Gasteiger partial charge in [0.15, 0.2) is 16.4 Å². The molecule has 5 rings (SSSR count). The Morgan fingerprint density at radius 1 is 1.43 bits per heavy atom. The smallest absolute Gasteiger partial charge is 0.276 e. The highest BCUT2D eigenvalue weighted by atomic mass is 35.5. The molecule has 0 radical (unpaired) electrons. The minimum atomic E-state index is -1.47. The first-order valence-corrected chi connectivity index (χ1v) is 13.2. The molecule has 0 unspecified atom stereocenters. The van der Waals surface area contributed by atoms with Crippen LogP contribution < -0.4 is 20.7 Å². The van der Waals surface area contributed by atoms with Crippen molar-refractivity contribution in [2.75, 3.05) is 18.6 Å². The molecule has 0 aliphatic carbocycles. The van der Waals surface area contributed by atoms with Crippen molar-refractivity contribution in [3.8, 4) is 0 Å². The Kier molecular flexibility index (Phi) is 6.74. The molecule has 0 spiro atoms. The van der Waals surface area contributed by atoms with E-state index in [-0.39, 0.29) is 33.1 Å². The van der Waals surface area contributed by atoms with Crippen molar-refractivity contribution >= 4 is 80.4 Å². The number of imidazole rings is 1. The maximum Gasteiger partial charge on any atom is 0.276 e. The number of carboxylic acid groups (broad SMARTS) is 1. The quantitative estimate of drug-likeness (QED) is 0.171. The van der Waals surface area contributed by atoms with Crippen LogP contribution in [0.1, 0.15) is 5.69 Å². The van der Waals surface area contributed by atoms with E-state index >= 15 is 0 Å². The second kappa shape index (κ2) is 9.85. The number of hydrogen-bond donors (Lipinski definition) is 2. The van der Waals surface area contributed by atoms with E-state index in [1.165, 1.54) is 18.9 Å². The number of nitrogens with two attached hydrogens (primary N) is 1. The summed E-state index contributed by atoms with van der Waals surface area (Å²) in [6, 6.07) is 2.51. The zero-order chi connectivity index (χ0) is 26.4. The van der Waals surface area contributed by atoms with Crippen LogP contribution in [-0.2, 0) is 25.8 Å². The van der Waals surface area contributed by atoms with Gasteiger partial charge in [-0.25, -0.2) is 14.0 Å². The van der Waals surface area contributed by atoms with Crippen molar-refractivity contribution in [1.82, 2.24) is 19.6 Å². The largest absolute Gasteiger partial charge is 0.543 e. The van der Waals surface area contributed by atoms with Gasteiger partial charge >= 0.3 is 0 Å². The molecule has 0 aromatic carbocycles. The van der Waals surface area contributed by atoms with Crippen molar-refractivity contribution in [2.24, 2.45) is 5.16 Å². The van der Waals surface area contributed by atoms with E-state index in [2.05, 4.69) is 15.5 Å². The van der Waals surface area contributed by atoms with Crippen LogP contribution in [0, 0.1) is 0 Å². The number of fused-ring (bicyclic) bond motifs is 2. The molecule has 12 nitrogen and oxygen atoms in total. The van der Waals surface area contributed by atoms with Crippen molar-refractivity contribution < 1.29 is 28.9 Å². The van der Waals surface area contributed by atoms with Crippen LogP contribution in [0.2, 0.25) is 9.36 Å². The number of oxime groups is 1. The van der Waals surface area contributed by atoms with Crippen LogP contribution in [0.4, 0.5) is 5.13 Å². The standard InChI is InChI=1S/C21H17Cl2N7O5S2/c1-35-27-13(12-16(23)37-21(24)26-12)17(31)25-14-18(32)30-15(20(33)34)9(7-36-19(14)30)5-28-6-11-4-10(22)2-3-29(11)8-28/h2-4,6,8,14,19H,5,7H2,1H3,(H3-,24,25,26,31,33,34)/b27-13-/t14-,19-/m1/s1. The molecule has 37 heavy (non-hydrogen) atoms. The van der Waals surface area contributed by atoms with E-state index in [0.717, 1.165) is 21.8 Å². The third-order valence-corrected chi connectivity index (χ3v) is 8.33. The van der Waals surface area contributed by atoms with Crippen molar-refractivity contribution in [3.05, 3.63) is 57.2 Å². The number of β-lactam (4-membered cyclic amide) rings is 1. The van der Waals surface area contributed by atoms with Crippen LogP contribution in [0.25, 0.3) is 5.52 Å². The lowest BCUT2D eigenvalue weighted by Crippen LogP contribution is -2.71. The highest BCUT2D eigenvalue weighted by Crippen LogP contribution is 2.40. The van der Waals surface area contributed by atoms with Crippen LogP contribution in [0.5, 0.6) is 0 Å². The lowest BCUT2D eigenvalue weighted by molar-refractivity contribution is -0.687. The Morgan fingerprint density at radius 2 is 2.22 bits per heavy atom. The lowest BCUT2D eigenvalue weighted by atomic mass is 10.0. The lowest BCUT2D eigenvalue weighted by Gasteiger charge is -2.50. The Labute approximate surface area is 227 Å². The average Bonchev–Trinajstić information content (AvgIpc) is 3.40. The fourth-order valence-corrected chi connectivity index (χ4v) is 6.56. The summed E-state index contributed by atoms with van der Waals surface area (Å²) in [7, 11) is 1.24. The predicted molar refractivity (Wildman–Crippen MR) is 135 cm³/mol. The highest BCUT2D eigenvalue weighted by molar-refractivity contribution is 8.00. The van der Waals surface area contributed by atoms with Crippen molar-refractivity contribution in [1.29, 1.82) is 0 Å². The molecular weight excluding hydrogens is 565 g/mol. The summed E-state index contributed by atoms with van der Waals surface area (Å²) in [6.07, 6.45) is 5.39. The molecule has 2 atom stereocenters. The third kappa shape index (κ3) is 4.61. The number of rotatable bonds is 7. The number of carbonyl (C=O) groups is 3. The molecule has 0 bridgehead atoms. The number of nitrogens with one attached hydrogen (secondary N) is 1. The zero-order valence-corrected chi connectivity index (χ0v) is 22.0. The maximum absolute atomic E-state index is 13.0. The minimum absolute atomic E-state index is 0.0133. The van der Waals surface area contributed by atoms with Gasteiger partial charge in [0.25, 0.3) is 11.8 Å². The van der Waals surface area contributed by atoms with E-state index in [9.17, 15) is 19.5 Å². The molecule has 0 saturated carbocycles. The SMILES string of the molecule is CO/N=C(\C(=O)N[C@@H]1C(=O)N2C(C(=O)[O-])=C(C[n+]3cc4cc(Cl)ccn4c3)CS[C@H]12)c1nc(N)sc1Cl. The number of nitrogens with zero attached hydrogens (tertiary/aromatic N) is 5. The normalized spacial score (nSPS) is 19.6. The molecule has 192 valence electrons. The predicted octanol–water partition coefficient (Wildman–Crippen LogP) is 0.0269. The number of pyridine rings is 1. The van der Waals surface area contributed by atoms with Gasteiger partial charge in [-0.2, -0.15) is 0 Å². The van der Waals surface area contributed by atoms with Crippen molar-refractivity contribution in [3.63, 3.8) is 0 Å². The maximum atomic E-state index is 13.0. The number of thiazole rings is 1. The second-order valence-corrected chi connectivity index (χ2v) is 11.2. The Hall–Kier alpha value is -3.33. The monoisotopic (exact) mass is 581 g/mol. The highest BCUT2D eigenvalue weighted by Gasteiger charge is 2.53. The minimum Gasteiger partial charge on any atom is -0.543 e. The Morgan fingerprint density at radius 3 is 2.89 bits per heavy atom. The molecule has 3 aromatic heterocycles. The third-order valence-electron chi connectivity index (χ3n) is 5.67. The topological polar surface area (TPSA) is 158 Å². The molecular formula is C21H17Cl2N7O5S2. The number of carbonyl (C=O) groups excluding carboxylic acids is 3. The Bertz CT molecular complexity index is 1520. The molecule has 5 heterocycles. The van der Waals surface area contributed by atoms with E-state index < -0.39 is 29.2 Å². The van der Waals surface area contributed by atoms with E-state index in [1.54, 1.807) is 29.2 Å². The van der Waals surface area contributed by atoms with Crippen LogP contribution in [0.15, 0.2) is 47.3 Å². The van der Waals surface area contributed by atoms with Gasteiger partial charge in [-0.05, 0) is 6.07 Å². The van der Waals surface area contributed by atoms with Crippen LogP contribution >= 0.6 is 46.3 Å². The zero-order valence-electron chi connectivity index (χ0n) is 18.9. The number of anilines is 1. The molecule has 3 N–H and O–H groups in total. The van der Waals surface area contributed by atoms with E-state index in [4.69, 9.17) is 33.8 Å². The molecule has 1 fully saturated rings. The van der Waals surface area contributed by atoms with Crippen LogP contribution in [-0.4, -0.2) is 62.1 Å². The average molecular weight is 582 g/mol. The number of amides is 2. The van der Waals surface area contributed by atoms with Gasteiger partial charge in [-0.3, -0.25) is 14.5 Å². The summed E-state index contributed by atoms with van der Waals surface area (Å²) in [4.78, 5) is 48.0. The van der Waals surface area contributed by atoms with Gasteiger partial charge in [0, 0.05) is 22.4 Å². The van der Waals surface area contributed by atoms with Gasteiger partial charge in [0.1, 0.15) is 41.3 Å². The van der Waals surface area contributed by atoms with E-state index in [0.29, 0.717) is 16.3 Å². The summed E-state index contributed by atoms with van der Waals surface area (Å²) < 4.78 is 3.76. The molecule has 2 aliphatic heterocycles. The first-order chi connectivity index (χ1) is 17.7. The molecule has 3 aromatic rings. The van der Waals surface area contributed by atoms with Crippen molar-refractivity contribution in [2.45, 2.75) is 18.0 Å². The number of nitrogen functional groups attached to an aromatic ring is 1. The summed E-state index contributed by atoms with van der Waals surface area (Å²) >= 11 is 14.4. The van der Waals surface area contributed by atoms with Gasteiger partial charge in [-0.1, -0.05) is 39.7 Å². The first-order valence-electron chi connectivity index (χ1n) is 10.6. The summed E-state index contributed by atoms with van der Waals surface area (Å²) in [6.45, 7) is 0.220. The first kappa shape index (κ1) is 25.3. The number of thioether (sulfide) groups is 1. The number of hydrogen-bond acceptors (Lipinski definition) is 10. The fraction of sp³-hybridized carbons (Fsp3) is 0.238. The molecule has 16 heteroatoms. The Balaban J connectivity index is 1.37. The van der Waals surface area contributed by atoms with E-state index in [1.807, 2.05) is 10.6 Å². The number of carboxylic acids is 1. The van der Waals surface area contributed by atoms with Crippen LogP contribution in [0.3, 0.4) is 0 Å². The number of aromatic nitrogens is 3. The van der Waals surface area contributed by atoms with Gasteiger partial charge in [-0.15, -0.1) is 11.8 Å². The number of aliphatic carboxylic acids is 1. The van der Waals surface area contributed by atoms with Gasteiger partial charge in [0.05, 0.1) is 17.9 Å². The molecule has 2 amide bonds. The number of halogens is 2.